The largest absolute Gasteiger partial charge is 0.342 e. The van der Waals surface area contributed by atoms with Crippen LogP contribution in [-0.2, 0) is 9.59 Å². The van der Waals surface area contributed by atoms with Crippen molar-refractivity contribution in [2.24, 2.45) is 34.5 Å². The molecule has 7 nitrogen and oxygen atoms in total. The van der Waals surface area contributed by atoms with E-state index in [1.165, 1.54) is 12.1 Å². The van der Waals surface area contributed by atoms with E-state index in [0.717, 1.165) is 50.6 Å². The van der Waals surface area contributed by atoms with E-state index in [-0.39, 0.29) is 39.3 Å². The molecule has 0 unspecified atom stereocenters. The average molecular weight is 496 g/mol. The van der Waals surface area contributed by atoms with Crippen LogP contribution in [0.3, 0.4) is 0 Å². The first-order valence-electron chi connectivity index (χ1n) is 13.8. The van der Waals surface area contributed by atoms with Gasteiger partial charge in [0.15, 0.2) is 0 Å². The van der Waals surface area contributed by atoms with E-state index >= 15 is 0 Å². The third-order valence-corrected chi connectivity index (χ3v) is 10.9. The maximum Gasteiger partial charge on any atom is 0.269 e. The monoisotopic (exact) mass is 495 g/mol. The van der Waals surface area contributed by atoms with Gasteiger partial charge in [-0.05, 0) is 85.7 Å². The van der Waals surface area contributed by atoms with Crippen molar-refractivity contribution < 1.29 is 14.5 Å². The minimum Gasteiger partial charge on any atom is -0.342 e. The number of amides is 2. The Morgan fingerprint density at radius 2 is 1.69 bits per heavy atom. The summed E-state index contributed by atoms with van der Waals surface area (Å²) in [6.07, 6.45) is 8.21. The van der Waals surface area contributed by atoms with Crippen LogP contribution in [0.25, 0.3) is 0 Å². The molecule has 1 aromatic carbocycles. The molecule has 4 fully saturated rings. The molecule has 0 N–H and O–H groups in total. The predicted molar refractivity (Wildman–Crippen MR) is 139 cm³/mol. The molecular formula is C29H41N3O4. The fourth-order valence-corrected chi connectivity index (χ4v) is 9.02. The molecule has 1 aliphatic heterocycles. The van der Waals surface area contributed by atoms with E-state index in [4.69, 9.17) is 0 Å². The normalized spacial score (nSPS) is 37.8. The highest BCUT2D eigenvalue weighted by molar-refractivity contribution is 5.95. The summed E-state index contributed by atoms with van der Waals surface area (Å²) in [5, 5.41) is 11.2. The summed E-state index contributed by atoms with van der Waals surface area (Å²) in [5.41, 5.74) is 1.02. The van der Waals surface area contributed by atoms with E-state index in [2.05, 4.69) is 13.8 Å². The SMILES string of the molecule is CC(C)C(=O)N(c1ccc([N+](=O)[O-])cc1)[C@H]1CC[C@H]2[C@@H]3CC[C@H]4N(C)C(=O)CC[C@]4(C)[C@H]3CC[C@]12C. The van der Waals surface area contributed by atoms with E-state index < -0.39 is 0 Å². The number of carbonyl (C=O) groups is 2. The maximum atomic E-state index is 13.6. The molecule has 4 aliphatic rings. The minimum atomic E-state index is -0.389. The number of benzene rings is 1. The minimum absolute atomic E-state index is 0.0209. The summed E-state index contributed by atoms with van der Waals surface area (Å²) in [7, 11) is 2.00. The molecule has 196 valence electrons. The van der Waals surface area contributed by atoms with Gasteiger partial charge in [0.25, 0.3) is 5.69 Å². The second kappa shape index (κ2) is 8.84. The molecule has 0 radical (unpaired) electrons. The lowest BCUT2D eigenvalue weighted by Crippen LogP contribution is -2.62. The van der Waals surface area contributed by atoms with Gasteiger partial charge < -0.3 is 9.80 Å². The highest BCUT2D eigenvalue weighted by atomic mass is 16.6. The van der Waals surface area contributed by atoms with Crippen molar-refractivity contribution in [2.75, 3.05) is 11.9 Å². The Hall–Kier alpha value is -2.44. The number of nitro groups is 1. The predicted octanol–water partition coefficient (Wildman–Crippen LogP) is 5.82. The third-order valence-electron chi connectivity index (χ3n) is 10.9. The Morgan fingerprint density at radius 1 is 1.03 bits per heavy atom. The fraction of sp³-hybridized carbons (Fsp3) is 0.724. The lowest BCUT2D eigenvalue weighted by molar-refractivity contribution is -0.384. The lowest BCUT2D eigenvalue weighted by Gasteiger charge is -2.62. The number of anilines is 1. The highest BCUT2D eigenvalue weighted by Gasteiger charge is 2.62. The summed E-state index contributed by atoms with van der Waals surface area (Å²) in [6.45, 7) is 8.73. The molecule has 0 spiro atoms. The van der Waals surface area contributed by atoms with E-state index in [1.807, 2.05) is 30.7 Å². The van der Waals surface area contributed by atoms with Crippen LogP contribution in [0.4, 0.5) is 11.4 Å². The van der Waals surface area contributed by atoms with Gasteiger partial charge in [0.05, 0.1) is 4.92 Å². The maximum absolute atomic E-state index is 13.6. The van der Waals surface area contributed by atoms with Crippen molar-refractivity contribution in [2.45, 2.75) is 91.1 Å². The number of fused-ring (bicyclic) bond motifs is 5. The molecule has 0 bridgehead atoms. The zero-order chi connectivity index (χ0) is 26.0. The first-order valence-corrected chi connectivity index (χ1v) is 13.8. The van der Waals surface area contributed by atoms with Crippen LogP contribution < -0.4 is 4.90 Å². The summed E-state index contributed by atoms with van der Waals surface area (Å²) >= 11 is 0. The highest BCUT2D eigenvalue weighted by Crippen LogP contribution is 2.65. The summed E-state index contributed by atoms with van der Waals surface area (Å²) in [5.74, 6) is 2.05. The van der Waals surface area contributed by atoms with E-state index in [9.17, 15) is 19.7 Å². The van der Waals surface area contributed by atoms with Crippen molar-refractivity contribution in [1.82, 2.24) is 4.90 Å². The Labute approximate surface area is 214 Å². The number of nitro benzene ring substituents is 1. The van der Waals surface area contributed by atoms with Crippen molar-refractivity contribution in [1.29, 1.82) is 0 Å². The average Bonchev–Trinajstić information content (AvgIpc) is 3.19. The Morgan fingerprint density at radius 3 is 2.33 bits per heavy atom. The van der Waals surface area contributed by atoms with Crippen LogP contribution >= 0.6 is 0 Å². The van der Waals surface area contributed by atoms with Gasteiger partial charge >= 0.3 is 0 Å². The fourth-order valence-electron chi connectivity index (χ4n) is 9.02. The summed E-state index contributed by atoms with van der Waals surface area (Å²) in [6, 6.07) is 6.99. The zero-order valence-electron chi connectivity index (χ0n) is 22.4. The quantitative estimate of drug-likeness (QED) is 0.389. The molecule has 3 saturated carbocycles. The number of hydrogen-bond acceptors (Lipinski definition) is 4. The van der Waals surface area contributed by atoms with Gasteiger partial charge in [-0.25, -0.2) is 0 Å². The van der Waals surface area contributed by atoms with Crippen LogP contribution in [0.5, 0.6) is 0 Å². The number of piperidine rings is 1. The molecule has 2 amide bonds. The van der Waals surface area contributed by atoms with Crippen LogP contribution in [0.15, 0.2) is 24.3 Å². The molecule has 36 heavy (non-hydrogen) atoms. The van der Waals surface area contributed by atoms with Crippen LogP contribution in [-0.4, -0.2) is 40.8 Å². The van der Waals surface area contributed by atoms with Gasteiger partial charge in [-0.1, -0.05) is 27.7 Å². The number of carbonyl (C=O) groups excluding carboxylic acids is 2. The Kier molecular flexibility index (Phi) is 6.19. The van der Waals surface area contributed by atoms with Crippen molar-refractivity contribution in [3.05, 3.63) is 34.4 Å². The van der Waals surface area contributed by atoms with Crippen LogP contribution in [0.1, 0.15) is 79.1 Å². The van der Waals surface area contributed by atoms with Crippen molar-refractivity contribution >= 4 is 23.2 Å². The number of hydrogen-bond donors (Lipinski definition) is 0. The van der Waals surface area contributed by atoms with E-state index in [1.54, 1.807) is 12.1 Å². The first kappa shape index (κ1) is 25.2. The zero-order valence-corrected chi connectivity index (χ0v) is 22.4. The number of nitrogens with zero attached hydrogens (tertiary/aromatic N) is 3. The first-order chi connectivity index (χ1) is 17.0. The molecule has 1 heterocycles. The molecule has 1 aromatic rings. The van der Waals surface area contributed by atoms with Crippen molar-refractivity contribution in [3.8, 4) is 0 Å². The van der Waals surface area contributed by atoms with Gasteiger partial charge in [-0.3, -0.25) is 19.7 Å². The van der Waals surface area contributed by atoms with Crippen LogP contribution in [0, 0.1) is 44.6 Å². The second-order valence-electron chi connectivity index (χ2n) is 12.8. The summed E-state index contributed by atoms with van der Waals surface area (Å²) in [4.78, 5) is 40.9. The molecule has 3 aliphatic carbocycles. The lowest BCUT2D eigenvalue weighted by atomic mass is 9.47. The smallest absolute Gasteiger partial charge is 0.269 e. The topological polar surface area (TPSA) is 83.8 Å². The molecule has 0 aromatic heterocycles. The number of rotatable bonds is 4. The van der Waals surface area contributed by atoms with Gasteiger partial charge in [0.2, 0.25) is 11.8 Å². The standard InChI is InChI=1S/C29H41N3O4/c1-18(2)27(34)31(19-6-8-20(9-7-19)32(35)36)25-13-11-22-21-10-12-24-28(3,17-15-26(33)30(24)5)23(21)14-16-29(22,25)4/h6-9,18,21-25H,10-17H2,1-5H3/t21-,22-,23-,24+,25-,28+,29-/m0/s1. The molecule has 7 atom stereocenters. The second-order valence-corrected chi connectivity index (χ2v) is 12.8. The van der Waals surface area contributed by atoms with Gasteiger partial charge in [-0.15, -0.1) is 0 Å². The summed E-state index contributed by atoms with van der Waals surface area (Å²) < 4.78 is 0. The van der Waals surface area contributed by atoms with Gasteiger partial charge in [-0.2, -0.15) is 0 Å². The van der Waals surface area contributed by atoms with E-state index in [0.29, 0.717) is 36.1 Å². The molecule has 7 heteroatoms. The Bertz CT molecular complexity index is 1060. The third kappa shape index (κ3) is 3.67. The number of likely N-dealkylation sites (tertiary alicyclic amines) is 1. The Balaban J connectivity index is 1.46. The molecular weight excluding hydrogens is 454 g/mol. The van der Waals surface area contributed by atoms with Gasteiger partial charge in [0.1, 0.15) is 0 Å². The molecule has 1 saturated heterocycles. The number of non-ortho nitro benzene ring substituents is 1. The van der Waals surface area contributed by atoms with Gasteiger partial charge in [0, 0.05) is 49.3 Å². The molecule has 5 rings (SSSR count). The van der Waals surface area contributed by atoms with Crippen LogP contribution in [0.2, 0.25) is 0 Å². The van der Waals surface area contributed by atoms with Crippen molar-refractivity contribution in [3.63, 3.8) is 0 Å².